The highest BCUT2D eigenvalue weighted by Crippen LogP contribution is 2.31. The summed E-state index contributed by atoms with van der Waals surface area (Å²) in [6.45, 7) is 5.18. The first-order chi connectivity index (χ1) is 9.52. The Balaban J connectivity index is 2.16. The van der Waals surface area contributed by atoms with E-state index in [1.165, 1.54) is 12.8 Å². The lowest BCUT2D eigenvalue weighted by Crippen LogP contribution is -2.38. The molecule has 0 bridgehead atoms. The first kappa shape index (κ1) is 15.3. The van der Waals surface area contributed by atoms with Crippen molar-refractivity contribution < 1.29 is 4.92 Å². The fourth-order valence-electron chi connectivity index (χ4n) is 2.90. The van der Waals surface area contributed by atoms with Gasteiger partial charge in [0.15, 0.2) is 0 Å². The van der Waals surface area contributed by atoms with Gasteiger partial charge in [-0.15, -0.1) is 0 Å². The smallest absolute Gasteiger partial charge is 0.293 e. The van der Waals surface area contributed by atoms with Crippen LogP contribution < -0.4 is 4.90 Å². The van der Waals surface area contributed by atoms with Gasteiger partial charge in [-0.2, -0.15) is 0 Å². The molecule has 0 saturated carbocycles. The van der Waals surface area contributed by atoms with Gasteiger partial charge in [-0.05, 0) is 38.1 Å². The molecule has 0 amide bonds. The second-order valence-electron chi connectivity index (χ2n) is 5.20. The monoisotopic (exact) mass is 341 g/mol. The van der Waals surface area contributed by atoms with Crippen molar-refractivity contribution in [2.45, 2.75) is 25.8 Å². The number of hydrogen-bond acceptors (Lipinski definition) is 4. The summed E-state index contributed by atoms with van der Waals surface area (Å²) in [7, 11) is 1.93. The fraction of sp³-hybridized carbons (Fsp3) is 0.571. The zero-order valence-corrected chi connectivity index (χ0v) is 13.5. The van der Waals surface area contributed by atoms with Crippen molar-refractivity contribution >= 4 is 27.3 Å². The number of hydrogen-bond donors (Lipinski definition) is 0. The summed E-state index contributed by atoms with van der Waals surface area (Å²) < 4.78 is 0.734. The molecule has 2 rings (SSSR count). The average molecular weight is 342 g/mol. The highest BCUT2D eigenvalue weighted by molar-refractivity contribution is 9.10. The van der Waals surface area contributed by atoms with Crippen molar-refractivity contribution in [2.24, 2.45) is 0 Å². The molecular formula is C14H20BrN3O2. The third-order valence-electron chi connectivity index (χ3n) is 3.94. The maximum Gasteiger partial charge on any atom is 0.293 e. The average Bonchev–Trinajstić information content (AvgIpc) is 2.85. The molecule has 1 atom stereocenters. The van der Waals surface area contributed by atoms with Crippen molar-refractivity contribution in [2.75, 3.05) is 31.6 Å². The van der Waals surface area contributed by atoms with Crippen LogP contribution >= 0.6 is 15.9 Å². The molecule has 0 N–H and O–H groups in total. The highest BCUT2D eigenvalue weighted by atomic mass is 79.9. The lowest BCUT2D eigenvalue weighted by atomic mass is 10.2. The summed E-state index contributed by atoms with van der Waals surface area (Å²) >= 11 is 3.29. The van der Waals surface area contributed by atoms with E-state index < -0.39 is 0 Å². The van der Waals surface area contributed by atoms with Crippen molar-refractivity contribution in [3.63, 3.8) is 0 Å². The van der Waals surface area contributed by atoms with Crippen molar-refractivity contribution in [3.8, 4) is 0 Å². The lowest BCUT2D eigenvalue weighted by Gasteiger charge is -2.28. The first-order valence-electron chi connectivity index (χ1n) is 6.92. The van der Waals surface area contributed by atoms with Crippen molar-refractivity contribution in [1.82, 2.24) is 4.90 Å². The van der Waals surface area contributed by atoms with Crippen LogP contribution in [0.4, 0.5) is 11.4 Å². The number of rotatable bonds is 5. The van der Waals surface area contributed by atoms with Gasteiger partial charge in [0.05, 0.1) is 4.92 Å². The van der Waals surface area contributed by atoms with Gasteiger partial charge in [0.2, 0.25) is 0 Å². The van der Waals surface area contributed by atoms with Gasteiger partial charge in [-0.1, -0.05) is 22.9 Å². The zero-order chi connectivity index (χ0) is 14.7. The molecule has 1 aliphatic rings. The molecule has 1 aliphatic heterocycles. The Hall–Kier alpha value is -1.14. The molecule has 1 aromatic rings. The number of halogens is 1. The van der Waals surface area contributed by atoms with Crippen LogP contribution in [0.5, 0.6) is 0 Å². The van der Waals surface area contributed by atoms with Gasteiger partial charge in [0.1, 0.15) is 5.69 Å². The number of nitro groups is 1. The standard InChI is InChI=1S/C14H20BrN3O2/c1-3-17-8-4-5-12(17)10-16(2)13-7-6-11(15)9-14(13)18(19)20/h6-7,9,12H,3-5,8,10H2,1-2H3. The molecule has 0 radical (unpaired) electrons. The van der Waals surface area contributed by atoms with E-state index in [4.69, 9.17) is 0 Å². The van der Waals surface area contributed by atoms with E-state index in [9.17, 15) is 10.1 Å². The summed E-state index contributed by atoms with van der Waals surface area (Å²) in [5.41, 5.74) is 0.837. The summed E-state index contributed by atoms with van der Waals surface area (Å²) in [5.74, 6) is 0. The summed E-state index contributed by atoms with van der Waals surface area (Å²) in [6, 6.07) is 5.73. The third kappa shape index (κ3) is 3.30. The van der Waals surface area contributed by atoms with Crippen LogP contribution in [0.15, 0.2) is 22.7 Å². The first-order valence-corrected chi connectivity index (χ1v) is 7.71. The van der Waals surface area contributed by atoms with Gasteiger partial charge >= 0.3 is 0 Å². The Morgan fingerprint density at radius 1 is 1.55 bits per heavy atom. The second-order valence-corrected chi connectivity index (χ2v) is 6.11. The van der Waals surface area contributed by atoms with Crippen LogP contribution in [-0.4, -0.2) is 42.5 Å². The van der Waals surface area contributed by atoms with E-state index in [0.717, 1.165) is 24.1 Å². The minimum Gasteiger partial charge on any atom is -0.367 e. The van der Waals surface area contributed by atoms with Crippen LogP contribution in [0.2, 0.25) is 0 Å². The molecule has 0 aliphatic carbocycles. The van der Waals surface area contributed by atoms with Crippen LogP contribution in [0, 0.1) is 10.1 Å². The van der Waals surface area contributed by atoms with Gasteiger partial charge in [0, 0.05) is 30.2 Å². The van der Waals surface area contributed by atoms with Crippen LogP contribution in [0.1, 0.15) is 19.8 Å². The number of likely N-dealkylation sites (tertiary alicyclic amines) is 1. The van der Waals surface area contributed by atoms with E-state index in [1.54, 1.807) is 6.07 Å². The zero-order valence-electron chi connectivity index (χ0n) is 11.9. The number of likely N-dealkylation sites (N-methyl/N-ethyl adjacent to an activating group) is 2. The maximum absolute atomic E-state index is 11.2. The quantitative estimate of drug-likeness (QED) is 0.609. The predicted molar refractivity (Wildman–Crippen MR) is 84.3 cm³/mol. The van der Waals surface area contributed by atoms with E-state index in [1.807, 2.05) is 24.1 Å². The number of nitrogens with zero attached hydrogens (tertiary/aromatic N) is 3. The Kier molecular flexibility index (Phi) is 4.99. The van der Waals surface area contributed by atoms with E-state index in [0.29, 0.717) is 11.7 Å². The molecule has 1 fully saturated rings. The molecular weight excluding hydrogens is 322 g/mol. The minimum absolute atomic E-state index is 0.155. The molecule has 110 valence electrons. The van der Waals surface area contributed by atoms with E-state index >= 15 is 0 Å². The fourth-order valence-corrected chi connectivity index (χ4v) is 3.25. The van der Waals surface area contributed by atoms with Gasteiger partial charge < -0.3 is 4.90 Å². The molecule has 6 heteroatoms. The summed E-state index contributed by atoms with van der Waals surface area (Å²) in [5, 5.41) is 11.2. The molecule has 20 heavy (non-hydrogen) atoms. The van der Waals surface area contributed by atoms with Crippen LogP contribution in [-0.2, 0) is 0 Å². The number of benzene rings is 1. The molecule has 1 unspecified atom stereocenters. The van der Waals surface area contributed by atoms with Crippen molar-refractivity contribution in [1.29, 1.82) is 0 Å². The summed E-state index contributed by atoms with van der Waals surface area (Å²) in [6.07, 6.45) is 2.39. The van der Waals surface area contributed by atoms with Crippen molar-refractivity contribution in [3.05, 3.63) is 32.8 Å². The largest absolute Gasteiger partial charge is 0.367 e. The van der Waals surface area contributed by atoms with Crippen LogP contribution in [0.25, 0.3) is 0 Å². The second kappa shape index (κ2) is 6.54. The molecule has 1 aromatic carbocycles. The molecule has 5 nitrogen and oxygen atoms in total. The minimum atomic E-state index is -0.317. The van der Waals surface area contributed by atoms with Gasteiger partial charge in [0.25, 0.3) is 5.69 Å². The Morgan fingerprint density at radius 2 is 2.30 bits per heavy atom. The maximum atomic E-state index is 11.2. The van der Waals surface area contributed by atoms with E-state index in [2.05, 4.69) is 27.8 Å². The number of anilines is 1. The SMILES string of the molecule is CCN1CCCC1CN(C)c1ccc(Br)cc1[N+](=O)[O-]. The lowest BCUT2D eigenvalue weighted by molar-refractivity contribution is -0.384. The highest BCUT2D eigenvalue weighted by Gasteiger charge is 2.26. The molecule has 0 aromatic heterocycles. The molecule has 0 spiro atoms. The normalized spacial score (nSPS) is 19.2. The Morgan fingerprint density at radius 3 is 2.95 bits per heavy atom. The summed E-state index contributed by atoms with van der Waals surface area (Å²) in [4.78, 5) is 15.3. The van der Waals surface area contributed by atoms with Gasteiger partial charge in [-0.3, -0.25) is 15.0 Å². The molecule has 1 heterocycles. The third-order valence-corrected chi connectivity index (χ3v) is 4.43. The van der Waals surface area contributed by atoms with Crippen LogP contribution in [0.3, 0.4) is 0 Å². The van der Waals surface area contributed by atoms with Gasteiger partial charge in [-0.25, -0.2) is 0 Å². The topological polar surface area (TPSA) is 49.6 Å². The predicted octanol–water partition coefficient (Wildman–Crippen LogP) is 3.28. The Labute approximate surface area is 127 Å². The van der Waals surface area contributed by atoms with E-state index in [-0.39, 0.29) is 10.6 Å². The number of nitro benzene ring substituents is 1. The molecule has 1 saturated heterocycles. The Bertz CT molecular complexity index is 495.